The van der Waals surface area contributed by atoms with Gasteiger partial charge in [-0.25, -0.2) is 4.98 Å². The molecule has 0 fully saturated rings. The summed E-state index contributed by atoms with van der Waals surface area (Å²) in [4.78, 5) is 28.2. The normalized spacial score (nSPS) is 10.9. The van der Waals surface area contributed by atoms with Gasteiger partial charge < -0.3 is 29.3 Å². The number of oxazole rings is 1. The van der Waals surface area contributed by atoms with Crippen molar-refractivity contribution < 1.29 is 41.4 Å². The summed E-state index contributed by atoms with van der Waals surface area (Å²) in [6.45, 7) is -0.269. The van der Waals surface area contributed by atoms with Gasteiger partial charge in [-0.15, -0.1) is 13.2 Å². The lowest BCUT2D eigenvalue weighted by Crippen LogP contribution is -2.28. The fourth-order valence-electron chi connectivity index (χ4n) is 2.72. The Balaban J connectivity index is 1.41. The number of hydrogen-bond donors (Lipinski definition) is 2. The van der Waals surface area contributed by atoms with Gasteiger partial charge in [0.1, 0.15) is 23.5 Å². The van der Waals surface area contributed by atoms with Crippen molar-refractivity contribution >= 4 is 11.8 Å². The molecular weight excluding hydrogens is 459 g/mol. The monoisotopic (exact) mass is 479 g/mol. The highest BCUT2D eigenvalue weighted by Crippen LogP contribution is 2.24. The molecule has 2 N–H and O–H groups in total. The molecule has 0 unspecified atom stereocenters. The van der Waals surface area contributed by atoms with Crippen molar-refractivity contribution in [2.75, 3.05) is 13.7 Å². The number of rotatable bonds is 10. The first kappa shape index (κ1) is 24.4. The summed E-state index contributed by atoms with van der Waals surface area (Å²) in [5.41, 5.74) is 0.827. The van der Waals surface area contributed by atoms with Crippen molar-refractivity contribution in [2.24, 2.45) is 0 Å². The molecule has 12 heteroatoms. The predicted octanol–water partition coefficient (Wildman–Crippen LogP) is 3.21. The summed E-state index contributed by atoms with van der Waals surface area (Å²) in [5.74, 6) is -0.487. The number of methoxy groups -OCH3 is 1. The standard InChI is InChI=1S/C22H20F3N3O6/c1-31-18-5-3-2-4-14(18)10-27-21(30)17-12-33-20(28-17)11-26-19(29)13-32-15-6-8-16(9-7-15)34-22(23,24)25/h2-9,12H,10-11,13H2,1H3,(H,26,29)(H,27,30). The highest BCUT2D eigenvalue weighted by Gasteiger charge is 2.31. The summed E-state index contributed by atoms with van der Waals surface area (Å²) in [5, 5.41) is 5.20. The average Bonchev–Trinajstić information content (AvgIpc) is 3.29. The number of ether oxygens (including phenoxy) is 3. The molecule has 0 aliphatic carbocycles. The van der Waals surface area contributed by atoms with Crippen LogP contribution in [0.25, 0.3) is 0 Å². The van der Waals surface area contributed by atoms with E-state index in [0.717, 1.165) is 17.7 Å². The van der Waals surface area contributed by atoms with E-state index in [0.29, 0.717) is 5.75 Å². The molecule has 0 radical (unpaired) electrons. The van der Waals surface area contributed by atoms with Gasteiger partial charge in [-0.3, -0.25) is 9.59 Å². The molecule has 34 heavy (non-hydrogen) atoms. The Hall–Kier alpha value is -4.22. The van der Waals surface area contributed by atoms with Crippen molar-refractivity contribution in [3.63, 3.8) is 0 Å². The third kappa shape index (κ3) is 7.43. The zero-order chi connectivity index (χ0) is 24.6. The summed E-state index contributed by atoms with van der Waals surface area (Å²) in [6, 6.07) is 11.8. The molecule has 180 valence electrons. The smallest absolute Gasteiger partial charge is 0.496 e. The summed E-state index contributed by atoms with van der Waals surface area (Å²) in [6.07, 6.45) is -3.63. The van der Waals surface area contributed by atoms with E-state index >= 15 is 0 Å². The number of para-hydroxylation sites is 1. The van der Waals surface area contributed by atoms with E-state index in [4.69, 9.17) is 13.9 Å². The topological polar surface area (TPSA) is 112 Å². The first-order valence-corrected chi connectivity index (χ1v) is 9.83. The number of amides is 2. The Morgan fingerprint density at radius 2 is 1.71 bits per heavy atom. The number of benzene rings is 2. The summed E-state index contributed by atoms with van der Waals surface area (Å²) < 4.78 is 55.8. The average molecular weight is 479 g/mol. The predicted molar refractivity (Wildman–Crippen MR) is 111 cm³/mol. The molecule has 1 aromatic heterocycles. The van der Waals surface area contributed by atoms with Crippen molar-refractivity contribution in [3.8, 4) is 17.2 Å². The maximum Gasteiger partial charge on any atom is 0.573 e. The Labute approximate surface area is 191 Å². The fraction of sp³-hybridized carbons (Fsp3) is 0.227. The number of hydrogen-bond acceptors (Lipinski definition) is 7. The number of nitrogens with one attached hydrogen (secondary N) is 2. The van der Waals surface area contributed by atoms with Crippen LogP contribution < -0.4 is 24.8 Å². The maximum absolute atomic E-state index is 12.3. The zero-order valence-corrected chi connectivity index (χ0v) is 17.8. The minimum absolute atomic E-state index is 0.0385. The van der Waals surface area contributed by atoms with Gasteiger partial charge in [0.25, 0.3) is 11.8 Å². The Kier molecular flexibility index (Phi) is 7.96. The molecule has 9 nitrogen and oxygen atoms in total. The van der Waals surface area contributed by atoms with E-state index in [9.17, 15) is 22.8 Å². The van der Waals surface area contributed by atoms with Gasteiger partial charge in [0, 0.05) is 12.1 Å². The number of halogens is 3. The van der Waals surface area contributed by atoms with Gasteiger partial charge >= 0.3 is 6.36 Å². The quantitative estimate of drug-likeness (QED) is 0.459. The minimum Gasteiger partial charge on any atom is -0.496 e. The molecule has 0 spiro atoms. The van der Waals surface area contributed by atoms with Crippen LogP contribution in [0.15, 0.2) is 59.2 Å². The van der Waals surface area contributed by atoms with Gasteiger partial charge in [0.05, 0.1) is 13.7 Å². The molecule has 2 aromatic carbocycles. The third-order valence-electron chi connectivity index (χ3n) is 4.28. The van der Waals surface area contributed by atoms with E-state index in [2.05, 4.69) is 20.4 Å². The van der Waals surface area contributed by atoms with Crippen LogP contribution in [0, 0.1) is 0 Å². The Morgan fingerprint density at radius 3 is 2.41 bits per heavy atom. The number of carbonyl (C=O) groups excluding carboxylic acids is 2. The lowest BCUT2D eigenvalue weighted by atomic mass is 10.2. The molecular formula is C22H20F3N3O6. The van der Waals surface area contributed by atoms with Crippen LogP contribution >= 0.6 is 0 Å². The molecule has 0 aliphatic heterocycles. The van der Waals surface area contributed by atoms with E-state index in [1.165, 1.54) is 25.5 Å². The molecule has 0 saturated carbocycles. The number of alkyl halides is 3. The van der Waals surface area contributed by atoms with Crippen LogP contribution in [0.2, 0.25) is 0 Å². The van der Waals surface area contributed by atoms with Crippen molar-refractivity contribution in [3.05, 3.63) is 71.9 Å². The highest BCUT2D eigenvalue weighted by molar-refractivity contribution is 5.91. The van der Waals surface area contributed by atoms with Crippen molar-refractivity contribution in [2.45, 2.75) is 19.5 Å². The zero-order valence-electron chi connectivity index (χ0n) is 17.8. The van der Waals surface area contributed by atoms with E-state index in [1.807, 2.05) is 18.2 Å². The van der Waals surface area contributed by atoms with E-state index in [-0.39, 0.29) is 30.4 Å². The highest BCUT2D eigenvalue weighted by atomic mass is 19.4. The second-order valence-electron chi connectivity index (χ2n) is 6.71. The number of nitrogens with zero attached hydrogens (tertiary/aromatic N) is 1. The molecule has 1 heterocycles. The van der Waals surface area contributed by atoms with Crippen LogP contribution in [-0.2, 0) is 17.9 Å². The van der Waals surface area contributed by atoms with Crippen molar-refractivity contribution in [1.82, 2.24) is 15.6 Å². The number of aromatic nitrogens is 1. The van der Waals surface area contributed by atoms with Crippen LogP contribution in [0.4, 0.5) is 13.2 Å². The molecule has 2 amide bonds. The first-order chi connectivity index (χ1) is 16.2. The first-order valence-electron chi connectivity index (χ1n) is 9.83. The van der Waals surface area contributed by atoms with E-state index < -0.39 is 30.5 Å². The van der Waals surface area contributed by atoms with Gasteiger partial charge in [-0.1, -0.05) is 18.2 Å². The van der Waals surface area contributed by atoms with Crippen LogP contribution in [0.5, 0.6) is 17.2 Å². The summed E-state index contributed by atoms with van der Waals surface area (Å²) >= 11 is 0. The molecule has 3 aromatic rings. The van der Waals surface area contributed by atoms with Gasteiger partial charge in [-0.2, -0.15) is 0 Å². The Bertz CT molecular complexity index is 1120. The maximum atomic E-state index is 12.3. The van der Waals surface area contributed by atoms with E-state index in [1.54, 1.807) is 6.07 Å². The Morgan fingerprint density at radius 1 is 1.00 bits per heavy atom. The molecule has 0 atom stereocenters. The molecule has 0 saturated heterocycles. The van der Waals surface area contributed by atoms with Crippen LogP contribution in [0.3, 0.4) is 0 Å². The van der Waals surface area contributed by atoms with Gasteiger partial charge in [0.15, 0.2) is 12.3 Å². The second-order valence-corrected chi connectivity index (χ2v) is 6.71. The lowest BCUT2D eigenvalue weighted by molar-refractivity contribution is -0.274. The van der Waals surface area contributed by atoms with Gasteiger partial charge in [-0.05, 0) is 30.3 Å². The fourth-order valence-corrected chi connectivity index (χ4v) is 2.72. The van der Waals surface area contributed by atoms with Crippen LogP contribution in [0.1, 0.15) is 21.9 Å². The molecule has 0 aliphatic rings. The molecule has 3 rings (SSSR count). The SMILES string of the molecule is COc1ccccc1CNC(=O)c1coc(CNC(=O)COc2ccc(OC(F)(F)F)cc2)n1. The second kappa shape index (κ2) is 11.1. The van der Waals surface area contributed by atoms with Gasteiger partial charge in [0.2, 0.25) is 5.89 Å². The molecule has 0 bridgehead atoms. The minimum atomic E-state index is -4.79. The van der Waals surface area contributed by atoms with Crippen molar-refractivity contribution in [1.29, 1.82) is 0 Å². The lowest BCUT2D eigenvalue weighted by Gasteiger charge is -2.10. The number of carbonyl (C=O) groups is 2. The largest absolute Gasteiger partial charge is 0.573 e. The third-order valence-corrected chi connectivity index (χ3v) is 4.28. The summed E-state index contributed by atoms with van der Waals surface area (Å²) in [7, 11) is 1.53. The van der Waals surface area contributed by atoms with Crippen LogP contribution in [-0.4, -0.2) is 36.9 Å².